The molecule has 1 amide bonds. The van der Waals surface area contributed by atoms with Crippen molar-refractivity contribution < 1.29 is 22.0 Å². The Kier molecular flexibility index (Phi) is 5.88. The van der Waals surface area contributed by atoms with Crippen LogP contribution in [0.2, 0.25) is 0 Å². The lowest BCUT2D eigenvalue weighted by atomic mass is 9.95. The van der Waals surface area contributed by atoms with Crippen molar-refractivity contribution in [3.05, 3.63) is 48.6 Å². The summed E-state index contributed by atoms with van der Waals surface area (Å²) in [5.41, 5.74) is 0. The molecule has 2 aliphatic rings. The summed E-state index contributed by atoms with van der Waals surface area (Å²) in [6, 6.07) is 2.73. The lowest BCUT2D eigenvalue weighted by molar-refractivity contribution is -0.138. The Bertz CT molecular complexity index is 997. The molecule has 10 heteroatoms. The SMILES string of the molecule is O=C(C1CCN(S(=O)(=O)c2cc(F)ccc2F)CC1)N1CCC(n2ccnc2)CC1. The molecule has 2 aliphatic heterocycles. The average molecular weight is 439 g/mol. The van der Waals surface area contributed by atoms with Gasteiger partial charge in [-0.1, -0.05) is 0 Å². The van der Waals surface area contributed by atoms with Crippen LogP contribution in [0.5, 0.6) is 0 Å². The van der Waals surface area contributed by atoms with Gasteiger partial charge in [0, 0.05) is 50.5 Å². The van der Waals surface area contributed by atoms with E-state index in [1.54, 1.807) is 12.5 Å². The van der Waals surface area contributed by atoms with E-state index in [9.17, 15) is 22.0 Å². The molecular weight excluding hydrogens is 414 g/mol. The van der Waals surface area contributed by atoms with Crippen LogP contribution >= 0.6 is 0 Å². The molecule has 2 aromatic rings. The number of halogens is 2. The monoisotopic (exact) mass is 438 g/mol. The maximum atomic E-state index is 14.0. The first-order valence-corrected chi connectivity index (χ1v) is 11.5. The maximum absolute atomic E-state index is 14.0. The summed E-state index contributed by atoms with van der Waals surface area (Å²) in [5.74, 6) is -1.99. The molecule has 0 unspecified atom stereocenters. The third-order valence-electron chi connectivity index (χ3n) is 6.04. The fraction of sp³-hybridized carbons (Fsp3) is 0.500. The number of carbonyl (C=O) groups excluding carboxylic acids is 1. The molecule has 1 aromatic heterocycles. The number of nitrogens with zero attached hydrogens (tertiary/aromatic N) is 4. The number of piperidine rings is 2. The Balaban J connectivity index is 1.34. The number of carbonyl (C=O) groups is 1. The molecule has 0 bridgehead atoms. The highest BCUT2D eigenvalue weighted by Gasteiger charge is 2.36. The molecule has 0 radical (unpaired) electrons. The van der Waals surface area contributed by atoms with Gasteiger partial charge in [0.25, 0.3) is 0 Å². The maximum Gasteiger partial charge on any atom is 0.246 e. The van der Waals surface area contributed by atoms with E-state index in [0.29, 0.717) is 38.0 Å². The van der Waals surface area contributed by atoms with E-state index in [1.165, 1.54) is 0 Å². The molecule has 0 aliphatic carbocycles. The number of sulfonamides is 1. The van der Waals surface area contributed by atoms with Crippen LogP contribution < -0.4 is 0 Å². The minimum atomic E-state index is -4.14. The number of amides is 1. The topological polar surface area (TPSA) is 75.5 Å². The van der Waals surface area contributed by atoms with Gasteiger partial charge in [-0.15, -0.1) is 0 Å². The van der Waals surface area contributed by atoms with Crippen LogP contribution in [0.1, 0.15) is 31.7 Å². The summed E-state index contributed by atoms with van der Waals surface area (Å²) < 4.78 is 56.0. The predicted octanol–water partition coefficient (Wildman–Crippen LogP) is 2.43. The van der Waals surface area contributed by atoms with Gasteiger partial charge in [-0.3, -0.25) is 4.79 Å². The minimum absolute atomic E-state index is 0.0491. The second kappa shape index (κ2) is 8.43. The Morgan fingerprint density at radius 3 is 2.37 bits per heavy atom. The standard InChI is InChI=1S/C20H24F2N4O3S/c21-16-1-2-18(22)19(13-16)30(28,29)26-10-3-15(4-11-26)20(27)24-8-5-17(6-9-24)25-12-7-23-14-25/h1-2,7,12-15,17H,3-6,8-11H2. The van der Waals surface area contributed by atoms with Crippen LogP contribution in [-0.4, -0.2) is 59.3 Å². The van der Waals surface area contributed by atoms with Gasteiger partial charge < -0.3 is 9.47 Å². The summed E-state index contributed by atoms with van der Waals surface area (Å²) >= 11 is 0. The van der Waals surface area contributed by atoms with Gasteiger partial charge in [-0.05, 0) is 43.9 Å². The van der Waals surface area contributed by atoms with Gasteiger partial charge in [0.1, 0.15) is 16.5 Å². The summed E-state index contributed by atoms with van der Waals surface area (Å²) in [5, 5.41) is 0. The van der Waals surface area contributed by atoms with Gasteiger partial charge in [0.05, 0.1) is 6.33 Å². The Labute approximate surface area is 174 Å². The van der Waals surface area contributed by atoms with E-state index in [4.69, 9.17) is 0 Å². The van der Waals surface area contributed by atoms with Gasteiger partial charge >= 0.3 is 0 Å². The molecule has 0 atom stereocenters. The molecule has 7 nitrogen and oxygen atoms in total. The molecule has 0 saturated carbocycles. The quantitative estimate of drug-likeness (QED) is 0.735. The van der Waals surface area contributed by atoms with Crippen molar-refractivity contribution >= 4 is 15.9 Å². The van der Waals surface area contributed by atoms with Crippen LogP contribution in [0, 0.1) is 17.6 Å². The number of aromatic nitrogens is 2. The second-order valence-corrected chi connectivity index (χ2v) is 9.73. The second-order valence-electron chi connectivity index (χ2n) is 7.82. The fourth-order valence-electron chi connectivity index (χ4n) is 4.29. The first-order chi connectivity index (χ1) is 14.4. The van der Waals surface area contributed by atoms with Crippen molar-refractivity contribution in [2.75, 3.05) is 26.2 Å². The van der Waals surface area contributed by atoms with Gasteiger partial charge in [-0.25, -0.2) is 22.2 Å². The van der Waals surface area contributed by atoms with Gasteiger partial charge in [0.15, 0.2) is 0 Å². The number of imidazole rings is 1. The van der Waals surface area contributed by atoms with E-state index < -0.39 is 26.6 Å². The Hall–Kier alpha value is -2.33. The highest BCUT2D eigenvalue weighted by molar-refractivity contribution is 7.89. The first-order valence-electron chi connectivity index (χ1n) is 10.1. The van der Waals surface area contributed by atoms with Crippen LogP contribution in [-0.2, 0) is 14.8 Å². The lowest BCUT2D eigenvalue weighted by Crippen LogP contribution is -2.46. The normalized spacial score (nSPS) is 19.9. The summed E-state index contributed by atoms with van der Waals surface area (Å²) in [6.07, 6.45) is 7.92. The highest BCUT2D eigenvalue weighted by Crippen LogP contribution is 2.29. The van der Waals surface area contributed by atoms with Crippen LogP contribution in [0.4, 0.5) is 8.78 Å². The number of hydrogen-bond donors (Lipinski definition) is 0. The van der Waals surface area contributed by atoms with Gasteiger partial charge in [0.2, 0.25) is 15.9 Å². The number of rotatable bonds is 4. The Morgan fingerprint density at radius 1 is 1.03 bits per heavy atom. The molecule has 162 valence electrons. The third kappa shape index (κ3) is 4.11. The molecular formula is C20H24F2N4O3S. The molecule has 3 heterocycles. The van der Waals surface area contributed by atoms with E-state index in [2.05, 4.69) is 9.55 Å². The van der Waals surface area contributed by atoms with Crippen molar-refractivity contribution in [1.82, 2.24) is 18.8 Å². The van der Waals surface area contributed by atoms with E-state index in [1.807, 2.05) is 11.1 Å². The van der Waals surface area contributed by atoms with E-state index in [0.717, 1.165) is 29.3 Å². The number of benzene rings is 1. The zero-order valence-corrected chi connectivity index (χ0v) is 17.3. The van der Waals surface area contributed by atoms with Crippen LogP contribution in [0.25, 0.3) is 0 Å². The minimum Gasteiger partial charge on any atom is -0.342 e. The zero-order valence-electron chi connectivity index (χ0n) is 16.5. The zero-order chi connectivity index (χ0) is 21.3. The lowest BCUT2D eigenvalue weighted by Gasteiger charge is -2.37. The molecule has 2 fully saturated rings. The van der Waals surface area contributed by atoms with Crippen molar-refractivity contribution in [2.24, 2.45) is 5.92 Å². The largest absolute Gasteiger partial charge is 0.342 e. The third-order valence-corrected chi connectivity index (χ3v) is 7.95. The fourth-order valence-corrected chi connectivity index (χ4v) is 5.83. The highest BCUT2D eigenvalue weighted by atomic mass is 32.2. The van der Waals surface area contributed by atoms with E-state index >= 15 is 0 Å². The molecule has 30 heavy (non-hydrogen) atoms. The predicted molar refractivity (Wildman–Crippen MR) is 105 cm³/mol. The van der Waals surface area contributed by atoms with Crippen LogP contribution in [0.15, 0.2) is 41.8 Å². The van der Waals surface area contributed by atoms with E-state index in [-0.39, 0.29) is 24.9 Å². The van der Waals surface area contributed by atoms with Gasteiger partial charge in [-0.2, -0.15) is 4.31 Å². The molecule has 0 N–H and O–H groups in total. The molecule has 2 saturated heterocycles. The Morgan fingerprint density at radius 2 is 1.73 bits per heavy atom. The van der Waals surface area contributed by atoms with Crippen LogP contribution in [0.3, 0.4) is 0 Å². The smallest absolute Gasteiger partial charge is 0.246 e. The first kappa shape index (κ1) is 20.9. The molecule has 0 spiro atoms. The molecule has 4 rings (SSSR count). The van der Waals surface area contributed by atoms with Crippen molar-refractivity contribution in [2.45, 2.75) is 36.6 Å². The van der Waals surface area contributed by atoms with Crippen molar-refractivity contribution in [3.8, 4) is 0 Å². The number of likely N-dealkylation sites (tertiary alicyclic amines) is 1. The number of hydrogen-bond acceptors (Lipinski definition) is 4. The molecule has 1 aromatic carbocycles. The average Bonchev–Trinajstić information content (AvgIpc) is 3.30. The van der Waals surface area contributed by atoms with Crippen molar-refractivity contribution in [3.63, 3.8) is 0 Å². The summed E-state index contributed by atoms with van der Waals surface area (Å²) in [4.78, 5) is 18.2. The summed E-state index contributed by atoms with van der Waals surface area (Å²) in [7, 11) is -4.14. The summed E-state index contributed by atoms with van der Waals surface area (Å²) in [6.45, 7) is 1.55. The van der Waals surface area contributed by atoms with Crippen molar-refractivity contribution in [1.29, 1.82) is 0 Å².